The van der Waals surface area contributed by atoms with E-state index >= 15 is 0 Å². The van der Waals surface area contributed by atoms with Crippen LogP contribution in [-0.4, -0.2) is 16.1 Å². The summed E-state index contributed by atoms with van der Waals surface area (Å²) < 4.78 is 5.56. The van der Waals surface area contributed by atoms with E-state index in [1.807, 2.05) is 24.3 Å². The van der Waals surface area contributed by atoms with Gasteiger partial charge < -0.3 is 11.5 Å². The molecule has 0 amide bonds. The Morgan fingerprint density at radius 1 is 1.25 bits per heavy atom. The van der Waals surface area contributed by atoms with Crippen LogP contribution in [0.5, 0.6) is 0 Å². The van der Waals surface area contributed by atoms with Crippen LogP contribution in [0.25, 0.3) is 0 Å². The van der Waals surface area contributed by atoms with Crippen molar-refractivity contribution in [3.8, 4) is 0 Å². The van der Waals surface area contributed by atoms with E-state index in [-0.39, 0.29) is 17.3 Å². The van der Waals surface area contributed by atoms with Crippen LogP contribution >= 0.6 is 22.6 Å². The number of halogens is 1. The highest BCUT2D eigenvalue weighted by Gasteiger charge is 2.10. The predicted octanol–water partition coefficient (Wildman–Crippen LogP) is 1.29. The molecule has 0 aliphatic heterocycles. The van der Waals surface area contributed by atoms with Crippen LogP contribution in [0.3, 0.4) is 0 Å². The number of rotatable bonds is 2. The van der Waals surface area contributed by atoms with E-state index in [0.29, 0.717) is 0 Å². The first-order valence-corrected chi connectivity index (χ1v) is 5.43. The highest BCUT2D eigenvalue weighted by molar-refractivity contribution is 14.1. The number of aromatic nitrogens is 2. The lowest BCUT2D eigenvalue weighted by atomic mass is 10.3. The SMILES string of the molecule is NC(=Nc1ccc(I)cc1)c1nonc1N. The molecule has 2 aromatic rings. The van der Waals surface area contributed by atoms with Crippen molar-refractivity contribution in [2.45, 2.75) is 0 Å². The van der Waals surface area contributed by atoms with Gasteiger partial charge in [-0.05, 0) is 57.2 Å². The van der Waals surface area contributed by atoms with Gasteiger partial charge in [0.05, 0.1) is 5.69 Å². The molecule has 16 heavy (non-hydrogen) atoms. The quantitative estimate of drug-likeness (QED) is 0.491. The van der Waals surface area contributed by atoms with Crippen LogP contribution in [0.15, 0.2) is 33.9 Å². The van der Waals surface area contributed by atoms with Gasteiger partial charge in [0.25, 0.3) is 0 Å². The van der Waals surface area contributed by atoms with Crippen LogP contribution in [0, 0.1) is 3.57 Å². The van der Waals surface area contributed by atoms with E-state index in [0.717, 1.165) is 9.26 Å². The van der Waals surface area contributed by atoms with Gasteiger partial charge in [0.1, 0.15) is 0 Å². The fourth-order valence-electron chi connectivity index (χ4n) is 1.08. The zero-order valence-electron chi connectivity index (χ0n) is 8.09. The summed E-state index contributed by atoms with van der Waals surface area (Å²) in [6.45, 7) is 0. The first-order valence-electron chi connectivity index (χ1n) is 4.35. The van der Waals surface area contributed by atoms with Gasteiger partial charge in [0, 0.05) is 3.57 Å². The van der Waals surface area contributed by atoms with Crippen molar-refractivity contribution in [1.29, 1.82) is 0 Å². The van der Waals surface area contributed by atoms with Crippen LogP contribution < -0.4 is 11.5 Å². The number of nitrogen functional groups attached to an aromatic ring is 1. The van der Waals surface area contributed by atoms with Crippen molar-refractivity contribution in [3.63, 3.8) is 0 Å². The maximum atomic E-state index is 5.72. The third kappa shape index (κ3) is 2.30. The topological polar surface area (TPSA) is 103 Å². The number of hydrogen-bond acceptors (Lipinski definition) is 5. The largest absolute Gasteiger partial charge is 0.382 e. The molecule has 4 N–H and O–H groups in total. The second-order valence-corrected chi connectivity index (χ2v) is 4.22. The smallest absolute Gasteiger partial charge is 0.199 e. The number of hydrogen-bond donors (Lipinski definition) is 2. The predicted molar refractivity (Wildman–Crippen MR) is 68.3 cm³/mol. The summed E-state index contributed by atoms with van der Waals surface area (Å²) in [6.07, 6.45) is 0. The minimum absolute atomic E-state index is 0.131. The van der Waals surface area contributed by atoms with E-state index in [1.165, 1.54) is 0 Å². The van der Waals surface area contributed by atoms with Crippen LogP contribution in [0.1, 0.15) is 5.69 Å². The van der Waals surface area contributed by atoms with E-state index in [9.17, 15) is 0 Å². The summed E-state index contributed by atoms with van der Waals surface area (Å²) >= 11 is 2.21. The molecule has 0 radical (unpaired) electrons. The Morgan fingerprint density at radius 3 is 2.50 bits per heavy atom. The van der Waals surface area contributed by atoms with Crippen LogP contribution in [0.2, 0.25) is 0 Å². The van der Waals surface area contributed by atoms with Crippen LogP contribution in [0.4, 0.5) is 11.5 Å². The average Bonchev–Trinajstić information content (AvgIpc) is 2.68. The fourth-order valence-corrected chi connectivity index (χ4v) is 1.44. The molecule has 0 spiro atoms. The van der Waals surface area contributed by atoms with Gasteiger partial charge in [-0.1, -0.05) is 0 Å². The molecule has 0 bridgehead atoms. The summed E-state index contributed by atoms with van der Waals surface area (Å²) in [5, 5.41) is 6.98. The Morgan fingerprint density at radius 2 is 1.94 bits per heavy atom. The summed E-state index contributed by atoms with van der Waals surface area (Å²) in [6, 6.07) is 7.55. The molecule has 0 unspecified atom stereocenters. The van der Waals surface area contributed by atoms with Gasteiger partial charge in [-0.2, -0.15) is 0 Å². The maximum absolute atomic E-state index is 5.72. The average molecular weight is 329 g/mol. The molecule has 0 atom stereocenters. The van der Waals surface area contributed by atoms with Gasteiger partial charge in [-0.25, -0.2) is 9.62 Å². The highest BCUT2D eigenvalue weighted by Crippen LogP contribution is 2.15. The van der Waals surface area contributed by atoms with Crippen molar-refractivity contribution in [3.05, 3.63) is 33.5 Å². The second-order valence-electron chi connectivity index (χ2n) is 2.97. The molecule has 7 heteroatoms. The number of nitrogens with two attached hydrogens (primary N) is 2. The van der Waals surface area contributed by atoms with Crippen molar-refractivity contribution in [1.82, 2.24) is 10.3 Å². The molecule has 1 heterocycles. The number of amidine groups is 1. The zero-order chi connectivity index (χ0) is 11.5. The molecular weight excluding hydrogens is 321 g/mol. The van der Waals surface area contributed by atoms with Crippen molar-refractivity contribution in [2.24, 2.45) is 10.7 Å². The molecule has 0 aliphatic carbocycles. The number of anilines is 1. The summed E-state index contributed by atoms with van der Waals surface area (Å²) in [4.78, 5) is 4.15. The van der Waals surface area contributed by atoms with Gasteiger partial charge in [-0.3, -0.25) is 0 Å². The Kier molecular flexibility index (Phi) is 3.04. The third-order valence-corrected chi connectivity index (χ3v) is 2.55. The van der Waals surface area contributed by atoms with Gasteiger partial charge in [-0.15, -0.1) is 0 Å². The maximum Gasteiger partial charge on any atom is 0.199 e. The molecule has 0 fully saturated rings. The molecular formula is C9H8IN5O. The third-order valence-electron chi connectivity index (χ3n) is 1.83. The second kappa shape index (κ2) is 4.47. The van der Waals surface area contributed by atoms with Gasteiger partial charge in [0.15, 0.2) is 17.3 Å². The van der Waals surface area contributed by atoms with Crippen molar-refractivity contribution < 1.29 is 4.63 Å². The monoisotopic (exact) mass is 329 g/mol. The molecule has 82 valence electrons. The summed E-state index contributed by atoms with van der Waals surface area (Å²) in [5.41, 5.74) is 12.2. The standard InChI is InChI=1S/C9H8IN5O/c10-5-1-3-6(4-2-5)13-8(11)7-9(12)15-16-14-7/h1-4H,(H2,11,13)(H2,12,15). The molecule has 2 rings (SSSR count). The molecule has 6 nitrogen and oxygen atoms in total. The Labute approximate surface area is 105 Å². The fraction of sp³-hybridized carbons (Fsp3) is 0. The molecule has 1 aromatic carbocycles. The summed E-state index contributed by atoms with van der Waals surface area (Å²) in [7, 11) is 0. The lowest BCUT2D eigenvalue weighted by Crippen LogP contribution is -2.15. The van der Waals surface area contributed by atoms with E-state index < -0.39 is 0 Å². The van der Waals surface area contributed by atoms with Crippen molar-refractivity contribution >= 4 is 39.9 Å². The van der Waals surface area contributed by atoms with Crippen LogP contribution in [-0.2, 0) is 0 Å². The minimum Gasteiger partial charge on any atom is -0.382 e. The van der Waals surface area contributed by atoms with E-state index in [4.69, 9.17) is 11.5 Å². The highest BCUT2D eigenvalue weighted by atomic mass is 127. The zero-order valence-corrected chi connectivity index (χ0v) is 10.2. The Bertz CT molecular complexity index is 519. The number of benzene rings is 1. The van der Waals surface area contributed by atoms with E-state index in [1.54, 1.807) is 0 Å². The molecule has 0 saturated carbocycles. The normalized spacial score (nSPS) is 11.7. The molecule has 0 aliphatic rings. The van der Waals surface area contributed by atoms with Crippen molar-refractivity contribution in [2.75, 3.05) is 5.73 Å². The minimum atomic E-state index is 0.131. The summed E-state index contributed by atoms with van der Waals surface area (Å²) in [5.74, 6) is 0.312. The lowest BCUT2D eigenvalue weighted by molar-refractivity contribution is 0.308. The first-order chi connectivity index (χ1) is 7.66. The Balaban J connectivity index is 2.31. The van der Waals surface area contributed by atoms with Gasteiger partial charge in [0.2, 0.25) is 0 Å². The number of aliphatic imine (C=N–C) groups is 1. The molecule has 0 saturated heterocycles. The lowest BCUT2D eigenvalue weighted by Gasteiger charge is -1.97. The van der Waals surface area contributed by atoms with E-state index in [2.05, 4.69) is 42.5 Å². The first kappa shape index (κ1) is 10.9. The molecule has 1 aromatic heterocycles. The number of nitrogens with zero attached hydrogens (tertiary/aromatic N) is 3. The Hall–Kier alpha value is -1.64. The van der Waals surface area contributed by atoms with Gasteiger partial charge >= 0.3 is 0 Å².